The number of halogens is 5. The van der Waals surface area contributed by atoms with Crippen molar-refractivity contribution in [3.8, 4) is 5.69 Å². The summed E-state index contributed by atoms with van der Waals surface area (Å²) in [5.41, 5.74) is 7.11. The lowest BCUT2D eigenvalue weighted by Crippen LogP contribution is -2.57. The average molecular weight is 861 g/mol. The van der Waals surface area contributed by atoms with Gasteiger partial charge in [0.25, 0.3) is 5.56 Å². The molecule has 18 heteroatoms. The molecule has 0 bridgehead atoms. The van der Waals surface area contributed by atoms with Crippen molar-refractivity contribution in [3.63, 3.8) is 0 Å². The first-order valence-corrected chi connectivity index (χ1v) is 21.8. The molecule has 3 aromatic heterocycles. The molecule has 12 nitrogen and oxygen atoms in total. The highest BCUT2D eigenvalue weighted by molar-refractivity contribution is 7.92. The van der Waals surface area contributed by atoms with Crippen LogP contribution in [-0.4, -0.2) is 80.6 Å². The molecular weight excluding hydrogens is 812 g/mol. The summed E-state index contributed by atoms with van der Waals surface area (Å²) in [7, 11) is -3.88. The van der Waals surface area contributed by atoms with Crippen LogP contribution in [0, 0.1) is 18.6 Å². The highest BCUT2D eigenvalue weighted by Gasteiger charge is 2.39. The molecule has 1 aliphatic carbocycles. The van der Waals surface area contributed by atoms with E-state index in [1.54, 1.807) is 23.7 Å². The zero-order valence-electron chi connectivity index (χ0n) is 34.0. The number of hydrogen-bond donors (Lipinski definition) is 2. The third kappa shape index (κ3) is 9.14. The minimum absolute atomic E-state index is 0.0234. The number of pyridine rings is 1. The normalized spacial score (nSPS) is 19.6. The molecule has 3 N–H and O–H groups in total. The Morgan fingerprint density at radius 1 is 1.00 bits per heavy atom. The number of rotatable bonds is 10. The number of alkyl halides is 2. The number of aryl methyl sites for hydroxylation is 1. The second kappa shape index (κ2) is 15.4. The predicted molar refractivity (Wildman–Crippen MR) is 220 cm³/mol. The summed E-state index contributed by atoms with van der Waals surface area (Å²) < 4.78 is 94.3. The van der Waals surface area contributed by atoms with Gasteiger partial charge in [0.1, 0.15) is 17.5 Å². The number of benzene rings is 2. The first-order valence-electron chi connectivity index (χ1n) is 19.5. The lowest BCUT2D eigenvalue weighted by molar-refractivity contribution is -0.181. The number of anilines is 1. The summed E-state index contributed by atoms with van der Waals surface area (Å²) in [4.78, 5) is 27.0. The Kier molecular flexibility index (Phi) is 11.2. The fraction of sp³-hybridized carbons (Fsp3) is 0.512. The fourth-order valence-electron chi connectivity index (χ4n) is 8.99. The molecule has 1 saturated heterocycles. The number of nitrogens with one attached hydrogen (secondary N) is 1. The third-order valence-corrected chi connectivity index (χ3v) is 11.8. The fourth-order valence-corrected chi connectivity index (χ4v) is 9.73. The molecule has 2 atom stereocenters. The number of fused-ring (bicyclic) bond motifs is 2. The molecule has 2 aromatic carbocycles. The molecule has 0 amide bonds. The van der Waals surface area contributed by atoms with Gasteiger partial charge in [-0.2, -0.15) is 5.10 Å². The van der Waals surface area contributed by atoms with Crippen molar-refractivity contribution in [2.75, 3.05) is 30.6 Å². The molecule has 7 rings (SSSR count). The molecule has 318 valence electrons. The van der Waals surface area contributed by atoms with Crippen molar-refractivity contribution in [3.05, 3.63) is 86.1 Å². The summed E-state index contributed by atoms with van der Waals surface area (Å²) in [5.74, 6) is -4.76. The van der Waals surface area contributed by atoms with Crippen molar-refractivity contribution < 1.29 is 30.7 Å². The van der Waals surface area contributed by atoms with Crippen LogP contribution < -0.4 is 16.0 Å². The van der Waals surface area contributed by atoms with E-state index in [2.05, 4.69) is 9.62 Å². The second-order valence-corrected chi connectivity index (χ2v) is 19.6. The van der Waals surface area contributed by atoms with Crippen LogP contribution in [0.2, 0.25) is 5.02 Å². The van der Waals surface area contributed by atoms with Gasteiger partial charge in [0.2, 0.25) is 15.9 Å². The van der Waals surface area contributed by atoms with Crippen molar-refractivity contribution in [1.82, 2.24) is 29.2 Å². The van der Waals surface area contributed by atoms with E-state index >= 15 is 4.79 Å². The van der Waals surface area contributed by atoms with Crippen LogP contribution in [0.3, 0.4) is 0 Å². The topological polar surface area (TPSA) is 150 Å². The first kappa shape index (κ1) is 42.9. The van der Waals surface area contributed by atoms with Gasteiger partial charge in [0, 0.05) is 50.2 Å². The van der Waals surface area contributed by atoms with Crippen molar-refractivity contribution in [2.45, 2.75) is 109 Å². The minimum Gasteiger partial charge on any atom is -0.367 e. The van der Waals surface area contributed by atoms with E-state index in [4.69, 9.17) is 37.1 Å². The summed E-state index contributed by atoms with van der Waals surface area (Å²) in [6, 6.07) is 6.24. The number of morpholine rings is 1. The Bertz CT molecular complexity index is 2590. The molecule has 5 aromatic rings. The lowest BCUT2D eigenvalue weighted by Gasteiger charge is -2.47. The van der Waals surface area contributed by atoms with E-state index in [-0.39, 0.29) is 82.4 Å². The zero-order chi connectivity index (χ0) is 43.0. The summed E-state index contributed by atoms with van der Waals surface area (Å²) in [6.07, 6.45) is 0.660. The van der Waals surface area contributed by atoms with Crippen LogP contribution in [0.4, 0.5) is 23.4 Å². The second-order valence-electron chi connectivity index (χ2n) is 17.5. The van der Waals surface area contributed by atoms with Gasteiger partial charge < -0.3 is 10.5 Å². The van der Waals surface area contributed by atoms with E-state index in [0.29, 0.717) is 36.4 Å². The van der Waals surface area contributed by atoms with Gasteiger partial charge in [-0.1, -0.05) is 11.6 Å². The summed E-state index contributed by atoms with van der Waals surface area (Å²) >= 11 is 6.87. The average Bonchev–Trinajstić information content (AvgIpc) is 3.45. The van der Waals surface area contributed by atoms with Crippen LogP contribution in [0.25, 0.3) is 27.6 Å². The standard InChI is InChI=1S/C41H49ClF4N8O4S/c1-22-14-30(25-10-12-41(45,46)13-11-25)48-35-32(22)38(55)53(37(49-35)29(47)17-24-15-26(43)18-27(44)16-24)31-9-8-28(42)33-34(31)54(50-36(33)51-59(7,56)57)23(2)19-52-20-39(3,4)58-40(5,6)21-52/h8-9,14-16,18,23,25,29H,10-13,17,19-21,47H2,1-7H3,(H,50,51)/t23-,29+/m1/s1. The number of nitrogens with zero attached hydrogens (tertiary/aromatic N) is 6. The van der Waals surface area contributed by atoms with Gasteiger partial charge in [0.15, 0.2) is 11.5 Å². The smallest absolute Gasteiger partial charge is 0.268 e. The molecule has 1 saturated carbocycles. The Balaban J connectivity index is 1.46. The Morgan fingerprint density at radius 2 is 1.63 bits per heavy atom. The van der Waals surface area contributed by atoms with E-state index in [1.165, 1.54) is 10.6 Å². The molecule has 2 aliphatic rings. The third-order valence-electron chi connectivity index (χ3n) is 10.9. The van der Waals surface area contributed by atoms with Crippen molar-refractivity contribution in [1.29, 1.82) is 0 Å². The van der Waals surface area contributed by atoms with Crippen molar-refractivity contribution in [2.24, 2.45) is 5.73 Å². The molecule has 1 aliphatic heterocycles. The minimum atomic E-state index is -3.88. The maximum absolute atomic E-state index is 15.1. The van der Waals surface area contributed by atoms with Gasteiger partial charge in [-0.25, -0.2) is 35.9 Å². The Labute approximate surface area is 345 Å². The van der Waals surface area contributed by atoms with Crippen LogP contribution in [0.5, 0.6) is 0 Å². The van der Waals surface area contributed by atoms with Gasteiger partial charge in [-0.3, -0.25) is 23.7 Å². The number of ether oxygens (including phenoxy) is 1. The monoisotopic (exact) mass is 860 g/mol. The Hall–Kier alpha value is -4.16. The highest BCUT2D eigenvalue weighted by atomic mass is 35.5. The summed E-state index contributed by atoms with van der Waals surface area (Å²) in [5, 5.41) is 5.26. The maximum atomic E-state index is 15.1. The van der Waals surface area contributed by atoms with Gasteiger partial charge in [-0.05, 0) is 102 Å². The van der Waals surface area contributed by atoms with Crippen LogP contribution in [0.1, 0.15) is 101 Å². The molecule has 0 unspecified atom stereocenters. The number of aromatic nitrogens is 5. The van der Waals surface area contributed by atoms with Crippen molar-refractivity contribution >= 4 is 49.4 Å². The highest BCUT2D eigenvalue weighted by Crippen LogP contribution is 2.42. The van der Waals surface area contributed by atoms with Crippen LogP contribution >= 0.6 is 11.6 Å². The van der Waals surface area contributed by atoms with Gasteiger partial charge in [-0.15, -0.1) is 0 Å². The summed E-state index contributed by atoms with van der Waals surface area (Å²) in [6.45, 7) is 13.3. The SMILES string of the molecule is Cc1cc(C2CCC(F)(F)CC2)nc2nc([C@@H](N)Cc3cc(F)cc(F)c3)n(-c3ccc(Cl)c4c(NS(C)(=O)=O)nn([C@H](C)CN5CC(C)(C)OC(C)(C)C5)c34)c(=O)c12. The maximum Gasteiger partial charge on any atom is 0.268 e. The lowest BCUT2D eigenvalue weighted by atomic mass is 9.84. The van der Waals surface area contributed by atoms with E-state index in [9.17, 15) is 26.0 Å². The number of sulfonamides is 1. The van der Waals surface area contributed by atoms with E-state index in [1.807, 2.05) is 34.6 Å². The molecule has 0 radical (unpaired) electrons. The predicted octanol–water partition coefficient (Wildman–Crippen LogP) is 7.73. The largest absolute Gasteiger partial charge is 0.367 e. The molecule has 2 fully saturated rings. The molecule has 0 spiro atoms. The van der Waals surface area contributed by atoms with Crippen LogP contribution in [-0.2, 0) is 21.2 Å². The molecule has 59 heavy (non-hydrogen) atoms. The number of hydrogen-bond acceptors (Lipinski definition) is 9. The quantitative estimate of drug-likeness (QED) is 0.135. The van der Waals surface area contributed by atoms with Crippen LogP contribution in [0.15, 0.2) is 41.2 Å². The molecule has 4 heterocycles. The van der Waals surface area contributed by atoms with E-state index < -0.39 is 56.4 Å². The molecular formula is C41H49ClF4N8O4S. The number of nitrogens with two attached hydrogens (primary N) is 1. The van der Waals surface area contributed by atoms with E-state index in [0.717, 1.165) is 24.5 Å². The Morgan fingerprint density at radius 3 is 2.24 bits per heavy atom. The first-order chi connectivity index (χ1) is 27.4. The van der Waals surface area contributed by atoms with Gasteiger partial charge >= 0.3 is 0 Å². The zero-order valence-corrected chi connectivity index (χ0v) is 35.6. The van der Waals surface area contributed by atoms with Gasteiger partial charge in [0.05, 0.1) is 56.5 Å².